The maximum atomic E-state index is 11.9. The summed E-state index contributed by atoms with van der Waals surface area (Å²) in [6.07, 6.45) is 0.443. The number of sulfonamides is 1. The van der Waals surface area contributed by atoms with Crippen molar-refractivity contribution in [3.8, 4) is 0 Å². The van der Waals surface area contributed by atoms with Crippen LogP contribution in [0, 0.1) is 0 Å². The van der Waals surface area contributed by atoms with Gasteiger partial charge in [-0.3, -0.25) is 4.79 Å². The number of hydrogen-bond acceptors (Lipinski definition) is 4. The second-order valence-electron chi connectivity index (χ2n) is 3.73. The number of hydrogen-bond donors (Lipinski definition) is 1. The minimum Gasteiger partial charge on any atom is -0.440 e. The Labute approximate surface area is 115 Å². The molecule has 1 aromatic carbocycles. The molecule has 0 aliphatic rings. The fraction of sp³-hybridized carbons (Fsp3) is 0.0833. The predicted molar refractivity (Wildman–Crippen MR) is 69.6 cm³/mol. The predicted octanol–water partition coefficient (Wildman–Crippen LogP) is 2.22. The number of carbonyl (C=O) groups is 1. The van der Waals surface area contributed by atoms with Crippen LogP contribution in [-0.2, 0) is 16.6 Å². The number of rotatable bonds is 5. The molecule has 2 rings (SSSR count). The Kier molecular flexibility index (Phi) is 4.04. The number of benzene rings is 1. The molecular formula is C12H10ClNO4S. The normalized spacial score (nSPS) is 11.4. The largest absolute Gasteiger partial charge is 0.440 e. The van der Waals surface area contributed by atoms with Crippen LogP contribution in [-0.4, -0.2) is 14.7 Å². The summed E-state index contributed by atoms with van der Waals surface area (Å²) in [4.78, 5) is 10.4. The van der Waals surface area contributed by atoms with Gasteiger partial charge in [0.1, 0.15) is 0 Å². The van der Waals surface area contributed by atoms with E-state index in [1.165, 1.54) is 12.1 Å². The van der Waals surface area contributed by atoms with Gasteiger partial charge in [0.15, 0.2) is 12.0 Å². The molecule has 1 N–H and O–H groups in total. The van der Waals surface area contributed by atoms with Gasteiger partial charge in [0.05, 0.1) is 0 Å². The van der Waals surface area contributed by atoms with Gasteiger partial charge in [-0.2, -0.15) is 0 Å². The van der Waals surface area contributed by atoms with E-state index < -0.39 is 10.0 Å². The molecule has 19 heavy (non-hydrogen) atoms. The Morgan fingerprint density at radius 1 is 1.16 bits per heavy atom. The highest BCUT2D eigenvalue weighted by Gasteiger charge is 2.18. The lowest BCUT2D eigenvalue weighted by molar-refractivity contribution is 0.109. The van der Waals surface area contributed by atoms with E-state index in [0.29, 0.717) is 11.3 Å². The van der Waals surface area contributed by atoms with Gasteiger partial charge >= 0.3 is 0 Å². The van der Waals surface area contributed by atoms with Crippen LogP contribution < -0.4 is 4.72 Å². The van der Waals surface area contributed by atoms with Crippen LogP contribution in [0.1, 0.15) is 16.1 Å². The van der Waals surface area contributed by atoms with Crippen molar-refractivity contribution in [1.29, 1.82) is 0 Å². The van der Waals surface area contributed by atoms with Gasteiger partial charge in [-0.1, -0.05) is 23.7 Å². The maximum Gasteiger partial charge on any atom is 0.274 e. The van der Waals surface area contributed by atoms with E-state index in [0.717, 1.165) is 5.56 Å². The first kappa shape index (κ1) is 13.8. The molecule has 0 amide bonds. The van der Waals surface area contributed by atoms with E-state index in [-0.39, 0.29) is 17.4 Å². The average Bonchev–Trinajstić information content (AvgIpc) is 2.88. The molecule has 0 aliphatic carbocycles. The van der Waals surface area contributed by atoms with Crippen LogP contribution in [0.2, 0.25) is 5.02 Å². The van der Waals surface area contributed by atoms with E-state index in [4.69, 9.17) is 16.0 Å². The first-order valence-corrected chi connectivity index (χ1v) is 7.16. The van der Waals surface area contributed by atoms with Gasteiger partial charge in [-0.05, 0) is 29.8 Å². The summed E-state index contributed by atoms with van der Waals surface area (Å²) >= 11 is 5.73. The highest BCUT2D eigenvalue weighted by molar-refractivity contribution is 7.89. The average molecular weight is 300 g/mol. The second kappa shape index (κ2) is 5.56. The molecule has 0 spiro atoms. The highest BCUT2D eigenvalue weighted by Crippen LogP contribution is 2.14. The van der Waals surface area contributed by atoms with Crippen molar-refractivity contribution in [3.05, 3.63) is 52.7 Å². The summed E-state index contributed by atoms with van der Waals surface area (Å²) in [7, 11) is -3.77. The first-order valence-electron chi connectivity index (χ1n) is 5.30. The standard InChI is InChI=1S/C12H10ClNO4S/c13-10-3-1-9(2-4-10)7-14-19(16,17)12-6-5-11(8-15)18-12/h1-6,8,14H,7H2. The molecule has 0 fully saturated rings. The van der Waals surface area contributed by atoms with Crippen molar-refractivity contribution >= 4 is 27.9 Å². The molecule has 100 valence electrons. The quantitative estimate of drug-likeness (QED) is 0.859. The zero-order valence-corrected chi connectivity index (χ0v) is 11.2. The van der Waals surface area contributed by atoms with Gasteiger partial charge in [-0.15, -0.1) is 0 Å². The molecule has 5 nitrogen and oxygen atoms in total. The van der Waals surface area contributed by atoms with E-state index in [2.05, 4.69) is 4.72 Å². The number of carbonyl (C=O) groups excluding carboxylic acids is 1. The Morgan fingerprint density at radius 2 is 1.84 bits per heavy atom. The smallest absolute Gasteiger partial charge is 0.274 e. The molecule has 1 aromatic heterocycles. The summed E-state index contributed by atoms with van der Waals surface area (Å²) in [5.74, 6) is -0.0353. The third-order valence-electron chi connectivity index (χ3n) is 2.36. The molecule has 0 radical (unpaired) electrons. The van der Waals surface area contributed by atoms with Crippen molar-refractivity contribution < 1.29 is 17.6 Å². The van der Waals surface area contributed by atoms with Gasteiger partial charge < -0.3 is 4.42 Å². The molecule has 1 heterocycles. The molecule has 0 bridgehead atoms. The van der Waals surface area contributed by atoms with Crippen molar-refractivity contribution in [2.45, 2.75) is 11.6 Å². The summed E-state index contributed by atoms with van der Waals surface area (Å²) in [5.41, 5.74) is 0.759. The Hall–Kier alpha value is -1.63. The van der Waals surface area contributed by atoms with Crippen molar-refractivity contribution in [2.75, 3.05) is 0 Å². The maximum absolute atomic E-state index is 11.9. The fourth-order valence-electron chi connectivity index (χ4n) is 1.39. The molecule has 2 aromatic rings. The van der Waals surface area contributed by atoms with E-state index >= 15 is 0 Å². The summed E-state index contributed by atoms with van der Waals surface area (Å²) in [5, 5.41) is 0.289. The third kappa shape index (κ3) is 3.44. The van der Waals surface area contributed by atoms with E-state index in [1.807, 2.05) is 0 Å². The van der Waals surface area contributed by atoms with Crippen LogP contribution in [0.4, 0.5) is 0 Å². The van der Waals surface area contributed by atoms with Gasteiger partial charge in [0.25, 0.3) is 10.0 Å². The summed E-state index contributed by atoms with van der Waals surface area (Å²) in [6, 6.07) is 9.29. The van der Waals surface area contributed by atoms with E-state index in [1.54, 1.807) is 24.3 Å². The second-order valence-corrected chi connectivity index (χ2v) is 5.86. The van der Waals surface area contributed by atoms with Crippen LogP contribution in [0.25, 0.3) is 0 Å². The van der Waals surface area contributed by atoms with Crippen LogP contribution >= 0.6 is 11.6 Å². The van der Waals surface area contributed by atoms with Crippen molar-refractivity contribution in [1.82, 2.24) is 4.72 Å². The monoisotopic (exact) mass is 299 g/mol. The number of furan rings is 1. The highest BCUT2D eigenvalue weighted by atomic mass is 35.5. The Morgan fingerprint density at radius 3 is 2.42 bits per heavy atom. The molecular weight excluding hydrogens is 290 g/mol. The minimum absolute atomic E-state index is 0.0353. The summed E-state index contributed by atoms with van der Waals surface area (Å²) < 4.78 is 30.9. The van der Waals surface area contributed by atoms with Crippen LogP contribution in [0.3, 0.4) is 0 Å². The van der Waals surface area contributed by atoms with Crippen molar-refractivity contribution in [2.24, 2.45) is 0 Å². The lowest BCUT2D eigenvalue weighted by Gasteiger charge is -2.04. The van der Waals surface area contributed by atoms with Crippen LogP contribution in [0.15, 0.2) is 45.9 Å². The lowest BCUT2D eigenvalue weighted by Crippen LogP contribution is -2.22. The summed E-state index contributed by atoms with van der Waals surface area (Å²) in [6.45, 7) is 0.108. The molecule has 0 unspecified atom stereocenters. The van der Waals surface area contributed by atoms with Gasteiger partial charge in [0.2, 0.25) is 5.09 Å². The lowest BCUT2D eigenvalue weighted by atomic mass is 10.2. The number of nitrogens with one attached hydrogen (secondary N) is 1. The zero-order chi connectivity index (χ0) is 13.9. The topological polar surface area (TPSA) is 76.4 Å². The molecule has 7 heteroatoms. The minimum atomic E-state index is -3.77. The fourth-order valence-corrected chi connectivity index (χ4v) is 2.47. The molecule has 0 atom stereocenters. The molecule has 0 aliphatic heterocycles. The SMILES string of the molecule is O=Cc1ccc(S(=O)(=O)NCc2ccc(Cl)cc2)o1. The van der Waals surface area contributed by atoms with Crippen molar-refractivity contribution in [3.63, 3.8) is 0 Å². The zero-order valence-electron chi connectivity index (χ0n) is 9.67. The first-order chi connectivity index (χ1) is 9.01. The van der Waals surface area contributed by atoms with Gasteiger partial charge in [-0.25, -0.2) is 13.1 Å². The number of aldehydes is 1. The van der Waals surface area contributed by atoms with Crippen LogP contribution in [0.5, 0.6) is 0 Å². The van der Waals surface area contributed by atoms with Gasteiger partial charge in [0, 0.05) is 11.6 Å². The third-order valence-corrected chi connectivity index (χ3v) is 3.89. The number of halogens is 1. The van der Waals surface area contributed by atoms with E-state index in [9.17, 15) is 13.2 Å². The Balaban J connectivity index is 2.09. The molecule has 0 saturated carbocycles. The Bertz CT molecular complexity index is 676. The molecule has 0 saturated heterocycles.